The van der Waals surface area contributed by atoms with Gasteiger partial charge in [-0.3, -0.25) is 4.79 Å². The van der Waals surface area contributed by atoms with Gasteiger partial charge in [0.05, 0.1) is 19.8 Å². The summed E-state index contributed by atoms with van der Waals surface area (Å²) in [6.45, 7) is 7.07. The molecule has 1 saturated heterocycles. The molecule has 170 valence electrons. The molecule has 32 heavy (non-hydrogen) atoms. The standard InChI is InChI=1S/C25H29FN2O4/c1-3-21(29)18-5-8-22(24(15-18)30-2)31-14-4-11-28-12-9-17(10-13-28)25-20-7-6-19(26)16-23(20)32-27-25/h3,5-8,15-17,25,27H,1,4,9-14H2,2H3. The number of ketones is 1. The summed E-state index contributed by atoms with van der Waals surface area (Å²) in [6.07, 6.45) is 4.30. The smallest absolute Gasteiger partial charge is 0.185 e. The second kappa shape index (κ2) is 10.1. The van der Waals surface area contributed by atoms with Gasteiger partial charge in [-0.1, -0.05) is 12.6 Å². The number of allylic oxidation sites excluding steroid dienone is 1. The number of nitrogens with one attached hydrogen (secondary N) is 1. The Kier molecular flexibility index (Phi) is 7.07. The number of hydrogen-bond acceptors (Lipinski definition) is 6. The van der Waals surface area contributed by atoms with Gasteiger partial charge in [0.2, 0.25) is 0 Å². The van der Waals surface area contributed by atoms with Gasteiger partial charge in [0, 0.05) is 23.7 Å². The largest absolute Gasteiger partial charge is 0.493 e. The topological polar surface area (TPSA) is 60.0 Å². The van der Waals surface area contributed by atoms with Crippen LogP contribution in [0.5, 0.6) is 17.2 Å². The second-order valence-electron chi connectivity index (χ2n) is 8.19. The lowest BCUT2D eigenvalue weighted by Gasteiger charge is -2.34. The number of ether oxygens (including phenoxy) is 2. The van der Waals surface area contributed by atoms with Crippen molar-refractivity contribution in [3.05, 3.63) is 66.0 Å². The van der Waals surface area contributed by atoms with Crippen molar-refractivity contribution in [1.29, 1.82) is 0 Å². The van der Waals surface area contributed by atoms with Gasteiger partial charge in [0.25, 0.3) is 0 Å². The Hall–Kier alpha value is -2.90. The Labute approximate surface area is 187 Å². The van der Waals surface area contributed by atoms with Crippen LogP contribution in [0.25, 0.3) is 0 Å². The van der Waals surface area contributed by atoms with Gasteiger partial charge < -0.3 is 19.2 Å². The number of likely N-dealkylation sites (tertiary alicyclic amines) is 1. The maximum atomic E-state index is 13.4. The monoisotopic (exact) mass is 440 g/mol. The highest BCUT2D eigenvalue weighted by Gasteiger charge is 2.33. The molecule has 0 radical (unpaired) electrons. The Morgan fingerprint density at radius 1 is 1.25 bits per heavy atom. The quantitative estimate of drug-likeness (QED) is 0.356. The van der Waals surface area contributed by atoms with Crippen LogP contribution in [-0.4, -0.2) is 44.0 Å². The van der Waals surface area contributed by atoms with Crippen molar-refractivity contribution in [2.45, 2.75) is 25.3 Å². The minimum atomic E-state index is -0.276. The van der Waals surface area contributed by atoms with Crippen LogP contribution in [0.3, 0.4) is 0 Å². The number of benzene rings is 2. The fraction of sp³-hybridized carbons (Fsp3) is 0.400. The first-order valence-corrected chi connectivity index (χ1v) is 11.0. The number of carbonyl (C=O) groups is 1. The van der Waals surface area contributed by atoms with Crippen molar-refractivity contribution in [3.63, 3.8) is 0 Å². The van der Waals surface area contributed by atoms with E-state index in [1.807, 2.05) is 6.07 Å². The molecular weight excluding hydrogens is 411 g/mol. The molecule has 0 aliphatic carbocycles. The zero-order valence-electron chi connectivity index (χ0n) is 18.3. The van der Waals surface area contributed by atoms with Gasteiger partial charge in [-0.25, -0.2) is 4.39 Å². The highest BCUT2D eigenvalue weighted by atomic mass is 19.1. The lowest BCUT2D eigenvalue weighted by molar-refractivity contribution is 0.104. The first-order chi connectivity index (χ1) is 15.6. The number of hydroxylamine groups is 1. The van der Waals surface area contributed by atoms with E-state index >= 15 is 0 Å². The minimum absolute atomic E-state index is 0.125. The zero-order chi connectivity index (χ0) is 22.5. The van der Waals surface area contributed by atoms with Crippen LogP contribution in [0.4, 0.5) is 4.39 Å². The van der Waals surface area contributed by atoms with Gasteiger partial charge in [-0.05, 0) is 68.6 Å². The highest BCUT2D eigenvalue weighted by molar-refractivity contribution is 6.04. The number of methoxy groups -OCH3 is 1. The summed E-state index contributed by atoms with van der Waals surface area (Å²) in [5.41, 5.74) is 4.66. The van der Waals surface area contributed by atoms with Crippen LogP contribution >= 0.6 is 0 Å². The predicted octanol–water partition coefficient (Wildman–Crippen LogP) is 4.32. The van der Waals surface area contributed by atoms with Crippen molar-refractivity contribution < 1.29 is 23.5 Å². The number of carbonyl (C=O) groups excluding carboxylic acids is 1. The zero-order valence-corrected chi connectivity index (χ0v) is 18.3. The molecule has 0 aromatic heterocycles. The molecule has 2 aliphatic heterocycles. The molecule has 2 aromatic carbocycles. The average molecular weight is 441 g/mol. The number of piperidine rings is 1. The lowest BCUT2D eigenvalue weighted by atomic mass is 9.86. The number of rotatable bonds is 9. The van der Waals surface area contributed by atoms with Crippen LogP contribution in [-0.2, 0) is 0 Å². The Morgan fingerprint density at radius 3 is 2.81 bits per heavy atom. The Morgan fingerprint density at radius 2 is 2.06 bits per heavy atom. The van der Waals surface area contributed by atoms with E-state index in [0.717, 1.165) is 44.5 Å². The Bertz CT molecular complexity index is 972. The van der Waals surface area contributed by atoms with Crippen LogP contribution in [0, 0.1) is 11.7 Å². The normalized spacial score (nSPS) is 18.6. The number of halogens is 1. The summed E-state index contributed by atoms with van der Waals surface area (Å²) in [7, 11) is 1.56. The van der Waals surface area contributed by atoms with Crippen molar-refractivity contribution in [3.8, 4) is 17.2 Å². The van der Waals surface area contributed by atoms with E-state index in [2.05, 4.69) is 17.0 Å². The summed E-state index contributed by atoms with van der Waals surface area (Å²) in [5.74, 6) is 1.83. The van der Waals surface area contributed by atoms with Gasteiger partial charge in [0.1, 0.15) is 5.82 Å². The molecule has 1 unspecified atom stereocenters. The van der Waals surface area contributed by atoms with Gasteiger partial charge in [-0.15, -0.1) is 5.48 Å². The fourth-order valence-corrected chi connectivity index (χ4v) is 4.43. The van der Waals surface area contributed by atoms with Crippen LogP contribution in [0.1, 0.15) is 41.2 Å². The van der Waals surface area contributed by atoms with Crippen molar-refractivity contribution in [2.24, 2.45) is 5.92 Å². The van der Waals surface area contributed by atoms with Gasteiger partial charge in [-0.2, -0.15) is 0 Å². The summed E-state index contributed by atoms with van der Waals surface area (Å²) in [6, 6.07) is 10.1. The molecule has 7 heteroatoms. The summed E-state index contributed by atoms with van der Waals surface area (Å²) >= 11 is 0. The number of nitrogens with zero attached hydrogens (tertiary/aromatic N) is 1. The molecule has 0 bridgehead atoms. The summed E-state index contributed by atoms with van der Waals surface area (Å²) in [5, 5.41) is 0. The van der Waals surface area contributed by atoms with E-state index in [9.17, 15) is 9.18 Å². The van der Waals surface area contributed by atoms with Gasteiger partial charge in [0.15, 0.2) is 23.0 Å². The second-order valence-corrected chi connectivity index (χ2v) is 8.19. The van der Waals surface area contributed by atoms with E-state index < -0.39 is 0 Å². The van der Waals surface area contributed by atoms with E-state index in [0.29, 0.717) is 35.3 Å². The van der Waals surface area contributed by atoms with Crippen LogP contribution < -0.4 is 19.8 Å². The molecule has 2 heterocycles. The maximum Gasteiger partial charge on any atom is 0.185 e. The lowest BCUT2D eigenvalue weighted by Crippen LogP contribution is -2.38. The first-order valence-electron chi connectivity index (χ1n) is 11.0. The molecule has 0 saturated carbocycles. The average Bonchev–Trinajstić information content (AvgIpc) is 3.24. The molecule has 1 N–H and O–H groups in total. The number of hydrogen-bond donors (Lipinski definition) is 1. The van der Waals surface area contributed by atoms with Gasteiger partial charge >= 0.3 is 0 Å². The van der Waals surface area contributed by atoms with Crippen molar-refractivity contribution in [2.75, 3.05) is 33.4 Å². The van der Waals surface area contributed by atoms with E-state index in [-0.39, 0.29) is 17.6 Å². The molecule has 6 nitrogen and oxygen atoms in total. The van der Waals surface area contributed by atoms with E-state index in [1.165, 1.54) is 18.2 Å². The molecule has 2 aliphatic rings. The van der Waals surface area contributed by atoms with E-state index in [4.69, 9.17) is 14.3 Å². The third-order valence-corrected chi connectivity index (χ3v) is 6.22. The van der Waals surface area contributed by atoms with Crippen molar-refractivity contribution >= 4 is 5.78 Å². The number of fused-ring (bicyclic) bond motifs is 1. The molecule has 1 fully saturated rings. The third kappa shape index (κ3) is 4.95. The Balaban J connectivity index is 1.21. The van der Waals surface area contributed by atoms with Crippen LogP contribution in [0.2, 0.25) is 0 Å². The first kappa shape index (κ1) is 22.3. The van der Waals surface area contributed by atoms with E-state index in [1.54, 1.807) is 25.3 Å². The predicted molar refractivity (Wildman–Crippen MR) is 120 cm³/mol. The molecule has 1 atom stereocenters. The SMILES string of the molecule is C=CC(=O)c1ccc(OCCCN2CCC(C3NOc4cc(F)ccc43)CC2)c(OC)c1. The maximum absolute atomic E-state index is 13.4. The summed E-state index contributed by atoms with van der Waals surface area (Å²) in [4.78, 5) is 19.7. The highest BCUT2D eigenvalue weighted by Crippen LogP contribution is 2.39. The fourth-order valence-electron chi connectivity index (χ4n) is 4.43. The molecule has 2 aromatic rings. The molecular formula is C25H29FN2O4. The molecule has 0 amide bonds. The minimum Gasteiger partial charge on any atom is -0.493 e. The third-order valence-electron chi connectivity index (χ3n) is 6.22. The molecule has 0 spiro atoms. The molecule has 4 rings (SSSR count). The summed E-state index contributed by atoms with van der Waals surface area (Å²) < 4.78 is 24.7. The van der Waals surface area contributed by atoms with Crippen molar-refractivity contribution in [1.82, 2.24) is 10.4 Å². The van der Waals surface area contributed by atoms with Crippen LogP contribution in [0.15, 0.2) is 49.1 Å².